The van der Waals surface area contributed by atoms with Crippen molar-refractivity contribution in [1.82, 2.24) is 19.7 Å². The first-order valence-electron chi connectivity index (χ1n) is 10.2. The van der Waals surface area contributed by atoms with Gasteiger partial charge in [-0.25, -0.2) is 9.89 Å². The van der Waals surface area contributed by atoms with Crippen molar-refractivity contribution in [2.75, 3.05) is 44.7 Å². The fourth-order valence-corrected chi connectivity index (χ4v) is 4.35. The number of ether oxygens (including phenoxy) is 1. The maximum atomic E-state index is 12.3. The molecule has 3 aromatic rings. The molecule has 2 heterocycles. The molecule has 1 aromatic heterocycles. The first kappa shape index (κ1) is 21.7. The third kappa shape index (κ3) is 5.06. The SMILES string of the molecule is COc1ccccc1N1CCN(CCc2n[nH]c(=O)n2Cc2ccc(Cl)cc2Cl)CC1. The van der Waals surface area contributed by atoms with Gasteiger partial charge in [0.25, 0.3) is 0 Å². The van der Waals surface area contributed by atoms with Crippen LogP contribution in [0.15, 0.2) is 47.3 Å². The molecule has 164 valence electrons. The number of methoxy groups -OCH3 is 1. The van der Waals surface area contributed by atoms with Crippen LogP contribution >= 0.6 is 23.2 Å². The van der Waals surface area contributed by atoms with E-state index in [1.807, 2.05) is 24.3 Å². The number of H-pyrrole nitrogens is 1. The van der Waals surface area contributed by atoms with E-state index in [-0.39, 0.29) is 5.69 Å². The van der Waals surface area contributed by atoms with E-state index >= 15 is 0 Å². The fourth-order valence-electron chi connectivity index (χ4n) is 3.89. The van der Waals surface area contributed by atoms with Crippen LogP contribution in [0, 0.1) is 0 Å². The number of piperazine rings is 1. The topological polar surface area (TPSA) is 66.4 Å². The monoisotopic (exact) mass is 461 g/mol. The third-order valence-electron chi connectivity index (χ3n) is 5.63. The molecule has 0 unspecified atom stereocenters. The zero-order valence-corrected chi connectivity index (χ0v) is 18.9. The normalized spacial score (nSPS) is 14.7. The van der Waals surface area contributed by atoms with Gasteiger partial charge in [0.2, 0.25) is 0 Å². The van der Waals surface area contributed by atoms with Crippen LogP contribution in [0.25, 0.3) is 0 Å². The summed E-state index contributed by atoms with van der Waals surface area (Å²) < 4.78 is 7.13. The molecule has 0 aliphatic carbocycles. The summed E-state index contributed by atoms with van der Waals surface area (Å²) >= 11 is 12.3. The van der Waals surface area contributed by atoms with Crippen molar-refractivity contribution in [3.8, 4) is 5.75 Å². The Kier molecular flexibility index (Phi) is 6.85. The predicted octanol–water partition coefficient (Wildman–Crippen LogP) is 3.30. The molecular weight excluding hydrogens is 437 g/mol. The fraction of sp³-hybridized carbons (Fsp3) is 0.364. The number of aromatic amines is 1. The zero-order valence-electron chi connectivity index (χ0n) is 17.4. The second-order valence-corrected chi connectivity index (χ2v) is 8.36. The molecule has 0 saturated carbocycles. The lowest BCUT2D eigenvalue weighted by atomic mass is 10.2. The Balaban J connectivity index is 1.36. The number of nitrogens with one attached hydrogen (secondary N) is 1. The molecule has 1 fully saturated rings. The lowest BCUT2D eigenvalue weighted by Crippen LogP contribution is -2.47. The minimum Gasteiger partial charge on any atom is -0.495 e. The Bertz CT molecular complexity index is 1090. The second kappa shape index (κ2) is 9.77. The van der Waals surface area contributed by atoms with Gasteiger partial charge in [0.05, 0.1) is 19.3 Å². The number of nitrogens with zero attached hydrogens (tertiary/aromatic N) is 4. The van der Waals surface area contributed by atoms with Crippen molar-refractivity contribution in [2.45, 2.75) is 13.0 Å². The number of hydrogen-bond donors (Lipinski definition) is 1. The molecule has 0 radical (unpaired) electrons. The summed E-state index contributed by atoms with van der Waals surface area (Å²) in [6.07, 6.45) is 0.679. The number of hydrogen-bond acceptors (Lipinski definition) is 5. The summed E-state index contributed by atoms with van der Waals surface area (Å²) in [4.78, 5) is 17.0. The maximum Gasteiger partial charge on any atom is 0.343 e. The lowest BCUT2D eigenvalue weighted by molar-refractivity contribution is 0.257. The van der Waals surface area contributed by atoms with Crippen LogP contribution in [0.4, 0.5) is 5.69 Å². The van der Waals surface area contributed by atoms with Crippen molar-refractivity contribution in [1.29, 1.82) is 0 Å². The van der Waals surface area contributed by atoms with Crippen molar-refractivity contribution in [2.24, 2.45) is 0 Å². The number of benzene rings is 2. The first-order valence-corrected chi connectivity index (χ1v) is 11.0. The van der Waals surface area contributed by atoms with Crippen LogP contribution in [0.3, 0.4) is 0 Å². The van der Waals surface area contributed by atoms with Crippen molar-refractivity contribution < 1.29 is 4.74 Å². The standard InChI is InChI=1S/C22H25Cl2N5O2/c1-31-20-5-3-2-4-19(20)28-12-10-27(11-13-28)9-8-21-25-26-22(30)29(21)15-16-6-7-17(23)14-18(16)24/h2-7,14H,8-13,15H2,1H3,(H,26,30). The maximum absolute atomic E-state index is 12.3. The van der Waals surface area contributed by atoms with Crippen LogP contribution in [0.2, 0.25) is 10.0 Å². The van der Waals surface area contributed by atoms with E-state index in [1.165, 1.54) is 0 Å². The van der Waals surface area contributed by atoms with Crippen LogP contribution in [-0.2, 0) is 13.0 Å². The van der Waals surface area contributed by atoms with Crippen LogP contribution < -0.4 is 15.3 Å². The molecule has 0 atom stereocenters. The quantitative estimate of drug-likeness (QED) is 0.584. The number of aromatic nitrogens is 3. The Labute approximate surface area is 191 Å². The van der Waals surface area contributed by atoms with Crippen molar-refractivity contribution >= 4 is 28.9 Å². The largest absolute Gasteiger partial charge is 0.495 e. The van der Waals surface area contributed by atoms with Gasteiger partial charge >= 0.3 is 5.69 Å². The highest BCUT2D eigenvalue weighted by Crippen LogP contribution is 2.28. The van der Waals surface area contributed by atoms with E-state index in [9.17, 15) is 4.79 Å². The van der Waals surface area contributed by atoms with Gasteiger partial charge in [-0.2, -0.15) is 5.10 Å². The Morgan fingerprint density at radius 3 is 2.61 bits per heavy atom. The van der Waals surface area contributed by atoms with Gasteiger partial charge in [-0.3, -0.25) is 9.47 Å². The van der Waals surface area contributed by atoms with Gasteiger partial charge in [-0.15, -0.1) is 0 Å². The molecule has 31 heavy (non-hydrogen) atoms. The lowest BCUT2D eigenvalue weighted by Gasteiger charge is -2.36. The van der Waals surface area contributed by atoms with Crippen LogP contribution in [0.5, 0.6) is 5.75 Å². The van der Waals surface area contributed by atoms with Crippen LogP contribution in [0.1, 0.15) is 11.4 Å². The zero-order chi connectivity index (χ0) is 21.8. The van der Waals surface area contributed by atoms with Crippen LogP contribution in [-0.4, -0.2) is 59.5 Å². The van der Waals surface area contributed by atoms with Gasteiger partial charge in [-0.05, 0) is 29.8 Å². The molecule has 0 bridgehead atoms. The third-order valence-corrected chi connectivity index (χ3v) is 6.22. The summed E-state index contributed by atoms with van der Waals surface area (Å²) in [5.41, 5.74) is 1.73. The molecule has 1 N–H and O–H groups in total. The molecule has 2 aromatic carbocycles. The molecule has 9 heteroatoms. The van der Waals surface area contributed by atoms with Gasteiger partial charge in [0, 0.05) is 49.2 Å². The number of rotatable bonds is 7. The van der Waals surface area contributed by atoms with E-state index < -0.39 is 0 Å². The minimum atomic E-state index is -0.234. The number of para-hydroxylation sites is 2. The van der Waals surface area contributed by atoms with Gasteiger partial charge < -0.3 is 9.64 Å². The average molecular weight is 462 g/mol. The molecule has 1 saturated heterocycles. The van der Waals surface area contributed by atoms with Gasteiger partial charge in [-0.1, -0.05) is 41.4 Å². The van der Waals surface area contributed by atoms with Gasteiger partial charge in [0.1, 0.15) is 11.6 Å². The predicted molar refractivity (Wildman–Crippen MR) is 124 cm³/mol. The van der Waals surface area contributed by atoms with Gasteiger partial charge in [0.15, 0.2) is 0 Å². The number of halogens is 2. The highest BCUT2D eigenvalue weighted by atomic mass is 35.5. The number of anilines is 1. The first-order chi connectivity index (χ1) is 15.0. The van der Waals surface area contributed by atoms with E-state index in [2.05, 4.69) is 26.1 Å². The summed E-state index contributed by atoms with van der Waals surface area (Å²) in [5.74, 6) is 1.63. The van der Waals surface area contributed by atoms with E-state index in [1.54, 1.807) is 23.8 Å². The molecule has 0 amide bonds. The summed E-state index contributed by atoms with van der Waals surface area (Å²) in [5, 5.41) is 7.91. The summed E-state index contributed by atoms with van der Waals surface area (Å²) in [7, 11) is 1.70. The van der Waals surface area contributed by atoms with Crippen molar-refractivity contribution in [3.63, 3.8) is 0 Å². The smallest absolute Gasteiger partial charge is 0.343 e. The highest BCUT2D eigenvalue weighted by Gasteiger charge is 2.20. The molecular formula is C22H25Cl2N5O2. The summed E-state index contributed by atoms with van der Waals surface area (Å²) in [6, 6.07) is 13.4. The van der Waals surface area contributed by atoms with E-state index in [4.69, 9.17) is 27.9 Å². The average Bonchev–Trinajstić information content (AvgIpc) is 3.13. The molecule has 7 nitrogen and oxygen atoms in total. The summed E-state index contributed by atoms with van der Waals surface area (Å²) in [6.45, 7) is 4.92. The molecule has 1 aliphatic heterocycles. The molecule has 0 spiro atoms. The highest BCUT2D eigenvalue weighted by molar-refractivity contribution is 6.35. The molecule has 4 rings (SSSR count). The second-order valence-electron chi connectivity index (χ2n) is 7.52. The Morgan fingerprint density at radius 1 is 1.10 bits per heavy atom. The minimum absolute atomic E-state index is 0.234. The molecule has 1 aliphatic rings. The Morgan fingerprint density at radius 2 is 1.87 bits per heavy atom. The van der Waals surface area contributed by atoms with Crippen molar-refractivity contribution in [3.05, 3.63) is 74.4 Å². The van der Waals surface area contributed by atoms with E-state index in [0.29, 0.717) is 23.0 Å². The van der Waals surface area contributed by atoms with E-state index in [0.717, 1.165) is 55.5 Å². The Hall–Kier alpha value is -2.48.